The number of H-pyrrole nitrogens is 1. The average molecular weight is 517 g/mol. The van der Waals surface area contributed by atoms with Gasteiger partial charge in [-0.1, -0.05) is 0 Å². The van der Waals surface area contributed by atoms with Crippen LogP contribution in [-0.2, 0) is 12.7 Å². The van der Waals surface area contributed by atoms with Crippen LogP contribution in [0.3, 0.4) is 0 Å². The summed E-state index contributed by atoms with van der Waals surface area (Å²) in [6.45, 7) is -1.10. The minimum Gasteiger partial charge on any atom is -0.439 e. The maximum absolute atomic E-state index is 12.8. The lowest BCUT2D eigenvalue weighted by Gasteiger charge is -2.15. The lowest BCUT2D eigenvalue weighted by Crippen LogP contribution is -2.38. The minimum atomic E-state index is -4.96. The Morgan fingerprint density at radius 3 is 2.31 bits per heavy atom. The molecule has 184 valence electrons. The van der Waals surface area contributed by atoms with Crippen LogP contribution in [0.2, 0.25) is 0 Å². The zero-order valence-corrected chi connectivity index (χ0v) is 18.0. The summed E-state index contributed by atoms with van der Waals surface area (Å²) in [7, 11) is 0. The molecule has 4 aromatic rings. The van der Waals surface area contributed by atoms with Crippen LogP contribution in [0.25, 0.3) is 20.7 Å². The fraction of sp³-hybridized carbons (Fsp3) is 0.190. The lowest BCUT2D eigenvalue weighted by molar-refractivity contribution is -0.207. The van der Waals surface area contributed by atoms with Gasteiger partial charge in [-0.3, -0.25) is 14.3 Å². The third-order valence-electron chi connectivity index (χ3n) is 4.83. The number of alkyl halides is 6. The molecule has 3 aromatic heterocycles. The minimum absolute atomic E-state index is 0.0518. The summed E-state index contributed by atoms with van der Waals surface area (Å²) in [4.78, 5) is 30.6. The molecule has 1 unspecified atom stereocenters. The summed E-state index contributed by atoms with van der Waals surface area (Å²) in [5.74, 6) is 0.163. The van der Waals surface area contributed by atoms with Crippen molar-refractivity contribution in [2.24, 2.45) is 0 Å². The summed E-state index contributed by atoms with van der Waals surface area (Å²) >= 11 is 0.849. The smallest absolute Gasteiger partial charge is 0.416 e. The fourth-order valence-corrected chi connectivity index (χ4v) is 4.23. The molecule has 0 radical (unpaired) electrons. The first-order valence-corrected chi connectivity index (χ1v) is 10.5. The molecule has 35 heavy (non-hydrogen) atoms. The number of halogens is 6. The van der Waals surface area contributed by atoms with E-state index in [1.165, 1.54) is 24.4 Å². The van der Waals surface area contributed by atoms with Crippen molar-refractivity contribution in [1.29, 1.82) is 0 Å². The number of nitrogens with one attached hydrogen (secondary N) is 1. The second-order valence-electron chi connectivity index (χ2n) is 7.27. The Morgan fingerprint density at radius 2 is 1.74 bits per heavy atom. The Kier molecular flexibility index (Phi) is 6.19. The second kappa shape index (κ2) is 8.85. The molecule has 7 nitrogen and oxygen atoms in total. The Bertz CT molecular complexity index is 1470. The molecule has 0 amide bonds. The molecule has 4 rings (SSSR count). The van der Waals surface area contributed by atoms with Gasteiger partial charge in [0.15, 0.2) is 6.10 Å². The van der Waals surface area contributed by atoms with Crippen LogP contribution in [0, 0.1) is 0 Å². The van der Waals surface area contributed by atoms with Crippen LogP contribution < -0.4 is 16.0 Å². The van der Waals surface area contributed by atoms with Crippen molar-refractivity contribution in [3.8, 4) is 22.1 Å². The van der Waals surface area contributed by atoms with E-state index >= 15 is 0 Å². The SMILES string of the molecule is O=c1[nH]c(=O)n(CC(O)C(F)(F)F)c2sc(-c3ccc(Oc4ccc(C(F)(F)F)cc4)nc3)cc12. The van der Waals surface area contributed by atoms with Gasteiger partial charge in [-0.05, 0) is 36.4 Å². The molecule has 0 spiro atoms. The standard InChI is InChI=1S/C21H13F6N3O4S/c22-20(23,24)11-2-4-12(5-3-11)34-16-6-1-10(8-28-16)14-7-13-17(32)29-19(33)30(18(13)35-14)9-15(31)21(25,26)27/h1-8,15,31H,9H2,(H,29,32,33). The zero-order chi connectivity index (χ0) is 25.5. The van der Waals surface area contributed by atoms with Crippen molar-refractivity contribution >= 4 is 21.6 Å². The molecular weight excluding hydrogens is 504 g/mol. The summed E-state index contributed by atoms with van der Waals surface area (Å²) in [5, 5.41) is 9.32. The molecule has 2 N–H and O–H groups in total. The highest BCUT2D eigenvalue weighted by molar-refractivity contribution is 7.21. The van der Waals surface area contributed by atoms with Crippen LogP contribution in [0.1, 0.15) is 5.56 Å². The number of fused-ring (bicyclic) bond motifs is 1. The van der Waals surface area contributed by atoms with Gasteiger partial charge in [0.2, 0.25) is 5.88 Å². The predicted molar refractivity (Wildman–Crippen MR) is 114 cm³/mol. The van der Waals surface area contributed by atoms with Crippen molar-refractivity contribution in [3.05, 3.63) is 75.1 Å². The number of benzene rings is 1. The van der Waals surface area contributed by atoms with Crippen molar-refractivity contribution in [2.45, 2.75) is 25.0 Å². The average Bonchev–Trinajstić information content (AvgIpc) is 3.22. The normalized spacial score (nSPS) is 13.2. The Balaban J connectivity index is 1.61. The number of hydrogen-bond donors (Lipinski definition) is 2. The van der Waals surface area contributed by atoms with Gasteiger partial charge in [0.05, 0.1) is 17.5 Å². The van der Waals surface area contributed by atoms with Gasteiger partial charge in [-0.2, -0.15) is 26.3 Å². The first-order chi connectivity index (χ1) is 16.3. The third-order valence-corrected chi connectivity index (χ3v) is 6.03. The summed E-state index contributed by atoms with van der Waals surface area (Å²) in [5.41, 5.74) is -2.31. The predicted octanol–water partition coefficient (Wildman–Crippen LogP) is 4.55. The van der Waals surface area contributed by atoms with Crippen molar-refractivity contribution < 1.29 is 36.2 Å². The number of aromatic nitrogens is 3. The zero-order valence-electron chi connectivity index (χ0n) is 17.1. The van der Waals surface area contributed by atoms with Gasteiger partial charge in [-0.25, -0.2) is 9.78 Å². The number of aliphatic hydroxyl groups excluding tert-OH is 1. The van der Waals surface area contributed by atoms with E-state index < -0.39 is 41.8 Å². The van der Waals surface area contributed by atoms with Crippen LogP contribution in [-0.4, -0.2) is 31.9 Å². The highest BCUT2D eigenvalue weighted by atomic mass is 32.1. The molecule has 0 saturated heterocycles. The van der Waals surface area contributed by atoms with Gasteiger partial charge in [0, 0.05) is 22.7 Å². The van der Waals surface area contributed by atoms with Gasteiger partial charge in [0.1, 0.15) is 10.6 Å². The van der Waals surface area contributed by atoms with Crippen molar-refractivity contribution in [3.63, 3.8) is 0 Å². The van der Waals surface area contributed by atoms with Gasteiger partial charge in [0.25, 0.3) is 5.56 Å². The Morgan fingerprint density at radius 1 is 1.06 bits per heavy atom. The second-order valence-corrected chi connectivity index (χ2v) is 8.30. The molecule has 0 saturated carbocycles. The highest BCUT2D eigenvalue weighted by Crippen LogP contribution is 2.34. The topological polar surface area (TPSA) is 97.2 Å². The third kappa shape index (κ3) is 5.22. The molecular formula is C21H13F6N3O4S. The van der Waals surface area contributed by atoms with Crippen LogP contribution in [0.5, 0.6) is 11.6 Å². The molecule has 0 aliphatic heterocycles. The highest BCUT2D eigenvalue weighted by Gasteiger charge is 2.39. The first-order valence-electron chi connectivity index (χ1n) is 9.66. The van der Waals surface area contributed by atoms with Crippen LogP contribution in [0.15, 0.2) is 58.3 Å². The number of aliphatic hydroxyl groups is 1. The van der Waals surface area contributed by atoms with Crippen molar-refractivity contribution in [2.75, 3.05) is 0 Å². The van der Waals surface area contributed by atoms with Crippen LogP contribution >= 0.6 is 11.3 Å². The number of ether oxygens (including phenoxy) is 1. The number of hydrogen-bond acceptors (Lipinski definition) is 6. The lowest BCUT2D eigenvalue weighted by atomic mass is 10.2. The maximum atomic E-state index is 12.8. The monoisotopic (exact) mass is 517 g/mol. The Hall–Kier alpha value is -3.65. The van der Waals surface area contributed by atoms with E-state index in [0.29, 0.717) is 15.0 Å². The summed E-state index contributed by atoms with van der Waals surface area (Å²) < 4.78 is 82.4. The van der Waals surface area contributed by atoms with E-state index in [4.69, 9.17) is 4.74 Å². The molecule has 3 heterocycles. The van der Waals surface area contributed by atoms with E-state index in [0.717, 1.165) is 35.6 Å². The van der Waals surface area contributed by atoms with Gasteiger partial charge < -0.3 is 9.84 Å². The molecule has 0 aliphatic rings. The van der Waals surface area contributed by atoms with Crippen molar-refractivity contribution in [1.82, 2.24) is 14.5 Å². The van der Waals surface area contributed by atoms with E-state index in [2.05, 4.69) is 4.98 Å². The number of rotatable bonds is 5. The maximum Gasteiger partial charge on any atom is 0.416 e. The summed E-state index contributed by atoms with van der Waals surface area (Å²) in [6.07, 6.45) is -10.9. The molecule has 0 bridgehead atoms. The molecule has 0 aliphatic carbocycles. The summed E-state index contributed by atoms with van der Waals surface area (Å²) in [6, 6.07) is 8.25. The number of pyridine rings is 1. The van der Waals surface area contributed by atoms with E-state index in [9.17, 15) is 41.0 Å². The number of thiophene rings is 1. The fourth-order valence-electron chi connectivity index (χ4n) is 3.07. The van der Waals surface area contributed by atoms with Gasteiger partial charge >= 0.3 is 18.0 Å². The number of nitrogens with zero attached hydrogens (tertiary/aromatic N) is 2. The van der Waals surface area contributed by atoms with E-state index in [-0.39, 0.29) is 21.8 Å². The largest absolute Gasteiger partial charge is 0.439 e. The molecule has 1 atom stereocenters. The first kappa shape index (κ1) is 24.5. The Labute approximate surface area is 194 Å². The number of aromatic amines is 1. The van der Waals surface area contributed by atoms with Gasteiger partial charge in [-0.15, -0.1) is 11.3 Å². The quantitative estimate of drug-likeness (QED) is 0.379. The molecule has 1 aromatic carbocycles. The van der Waals surface area contributed by atoms with E-state index in [1.54, 1.807) is 0 Å². The molecule has 0 fully saturated rings. The molecule has 14 heteroatoms. The van der Waals surface area contributed by atoms with E-state index in [1.807, 2.05) is 4.98 Å². The van der Waals surface area contributed by atoms with Crippen LogP contribution in [0.4, 0.5) is 26.3 Å².